The summed E-state index contributed by atoms with van der Waals surface area (Å²) >= 11 is 0. The van der Waals surface area contributed by atoms with Crippen molar-refractivity contribution in [3.8, 4) is 5.75 Å². The zero-order chi connectivity index (χ0) is 23.9. The smallest absolute Gasteiger partial charge is 0.212 e. The van der Waals surface area contributed by atoms with Gasteiger partial charge < -0.3 is 10.5 Å². The molecule has 3 aromatic carbocycles. The van der Waals surface area contributed by atoms with Gasteiger partial charge in [0.1, 0.15) is 22.0 Å². The Labute approximate surface area is 196 Å². The summed E-state index contributed by atoms with van der Waals surface area (Å²) in [4.78, 5) is 9.28. The number of nitrogens with two attached hydrogens (primary N) is 1. The number of sulfone groups is 1. The van der Waals surface area contributed by atoms with Crippen molar-refractivity contribution in [2.45, 2.75) is 16.7 Å². The van der Waals surface area contributed by atoms with Crippen molar-refractivity contribution in [2.75, 3.05) is 12.8 Å². The lowest BCUT2D eigenvalue weighted by Gasteiger charge is -2.06. The zero-order valence-electron chi connectivity index (χ0n) is 18.5. The van der Waals surface area contributed by atoms with Gasteiger partial charge in [-0.2, -0.15) is 9.78 Å². The van der Waals surface area contributed by atoms with E-state index in [1.54, 1.807) is 43.7 Å². The highest BCUT2D eigenvalue weighted by atomic mass is 32.2. The van der Waals surface area contributed by atoms with Gasteiger partial charge in [-0.15, -0.1) is 0 Å². The Morgan fingerprint density at radius 1 is 0.971 bits per heavy atom. The van der Waals surface area contributed by atoms with Crippen molar-refractivity contribution < 1.29 is 13.2 Å². The molecule has 0 spiro atoms. The maximum atomic E-state index is 13.7. The summed E-state index contributed by atoms with van der Waals surface area (Å²) in [7, 11) is -2.44. The fourth-order valence-corrected chi connectivity index (χ4v) is 5.39. The average molecular weight is 472 g/mol. The van der Waals surface area contributed by atoms with E-state index in [-0.39, 0.29) is 26.8 Å². The first-order valence-corrected chi connectivity index (χ1v) is 11.9. The summed E-state index contributed by atoms with van der Waals surface area (Å²) < 4.78 is 34.1. The standard InChI is InChI=1S/C25H21N5O3S/c1-16-8-7-10-18(14-16)34(31,32)23-22-25(29-20-12-5-4-11-19(20)28-22)30(24(23)26)27-15-17-9-3-6-13-21(17)33-2/h3-15H,26H2,1-2H3. The van der Waals surface area contributed by atoms with Gasteiger partial charge in [-0.3, -0.25) is 0 Å². The fraction of sp³-hybridized carbons (Fsp3) is 0.0800. The number of para-hydroxylation sites is 3. The Kier molecular flexibility index (Phi) is 5.25. The molecule has 9 heteroatoms. The second-order valence-electron chi connectivity index (χ2n) is 7.72. The van der Waals surface area contributed by atoms with E-state index in [1.165, 1.54) is 10.7 Å². The zero-order valence-corrected chi connectivity index (χ0v) is 19.3. The van der Waals surface area contributed by atoms with E-state index in [2.05, 4.69) is 15.1 Å². The van der Waals surface area contributed by atoms with Gasteiger partial charge in [0.15, 0.2) is 5.65 Å². The minimum absolute atomic E-state index is 0.0713. The van der Waals surface area contributed by atoms with E-state index in [1.807, 2.05) is 43.3 Å². The van der Waals surface area contributed by atoms with Gasteiger partial charge in [0.05, 0.1) is 29.3 Å². The fourth-order valence-electron chi connectivity index (χ4n) is 3.80. The lowest BCUT2D eigenvalue weighted by molar-refractivity contribution is 0.414. The average Bonchev–Trinajstić information content (AvgIpc) is 3.12. The quantitative estimate of drug-likeness (QED) is 0.385. The summed E-state index contributed by atoms with van der Waals surface area (Å²) in [5.41, 5.74) is 9.51. The second-order valence-corrected chi connectivity index (χ2v) is 9.60. The van der Waals surface area contributed by atoms with E-state index in [9.17, 15) is 8.42 Å². The molecule has 2 aromatic heterocycles. The lowest BCUT2D eigenvalue weighted by atomic mass is 10.2. The van der Waals surface area contributed by atoms with Crippen LogP contribution in [0.5, 0.6) is 5.75 Å². The van der Waals surface area contributed by atoms with Crippen LogP contribution in [0.4, 0.5) is 5.82 Å². The lowest BCUT2D eigenvalue weighted by Crippen LogP contribution is -2.07. The number of aryl methyl sites for hydroxylation is 1. The van der Waals surface area contributed by atoms with Crippen LogP contribution in [-0.2, 0) is 9.84 Å². The van der Waals surface area contributed by atoms with Gasteiger partial charge >= 0.3 is 0 Å². The number of methoxy groups -OCH3 is 1. The number of nitrogens with zero attached hydrogens (tertiary/aromatic N) is 4. The maximum absolute atomic E-state index is 13.7. The Morgan fingerprint density at radius 3 is 2.41 bits per heavy atom. The molecule has 0 saturated carbocycles. The molecule has 0 aliphatic rings. The van der Waals surface area contributed by atoms with E-state index >= 15 is 0 Å². The number of benzene rings is 3. The number of rotatable bonds is 5. The SMILES string of the molecule is COc1ccccc1C=Nn1c(N)c(S(=O)(=O)c2cccc(C)c2)c2nc3ccccc3nc21. The van der Waals surface area contributed by atoms with Crippen LogP contribution in [0.15, 0.2) is 87.7 Å². The largest absolute Gasteiger partial charge is 0.496 e. The molecule has 5 aromatic rings. The van der Waals surface area contributed by atoms with Crippen LogP contribution in [0, 0.1) is 6.92 Å². The molecular weight excluding hydrogens is 450 g/mol. The van der Waals surface area contributed by atoms with Gasteiger partial charge in [-0.25, -0.2) is 18.4 Å². The van der Waals surface area contributed by atoms with Crippen LogP contribution in [0.25, 0.3) is 22.2 Å². The van der Waals surface area contributed by atoms with Crippen molar-refractivity contribution in [3.05, 3.63) is 83.9 Å². The first-order chi connectivity index (χ1) is 16.4. The van der Waals surface area contributed by atoms with Crippen LogP contribution in [0.2, 0.25) is 0 Å². The molecule has 0 fully saturated rings. The summed E-state index contributed by atoms with van der Waals surface area (Å²) in [5, 5.41) is 4.48. The first-order valence-electron chi connectivity index (χ1n) is 10.5. The Morgan fingerprint density at radius 2 is 1.68 bits per heavy atom. The Hall–Kier alpha value is -4.24. The highest BCUT2D eigenvalue weighted by molar-refractivity contribution is 7.92. The highest BCUT2D eigenvalue weighted by Crippen LogP contribution is 2.35. The van der Waals surface area contributed by atoms with Crippen LogP contribution in [-0.4, -0.2) is 36.4 Å². The molecule has 0 bridgehead atoms. The van der Waals surface area contributed by atoms with Gasteiger partial charge in [0.25, 0.3) is 0 Å². The van der Waals surface area contributed by atoms with Crippen LogP contribution >= 0.6 is 0 Å². The van der Waals surface area contributed by atoms with Gasteiger partial charge in [-0.1, -0.05) is 36.4 Å². The second kappa shape index (κ2) is 8.27. The van der Waals surface area contributed by atoms with E-state index in [4.69, 9.17) is 10.5 Å². The molecule has 34 heavy (non-hydrogen) atoms. The van der Waals surface area contributed by atoms with Crippen LogP contribution in [0.3, 0.4) is 0 Å². The van der Waals surface area contributed by atoms with Crippen molar-refractivity contribution in [1.29, 1.82) is 0 Å². The van der Waals surface area contributed by atoms with Gasteiger partial charge in [0, 0.05) is 5.56 Å². The molecule has 5 rings (SSSR count). The molecule has 2 N–H and O–H groups in total. The Balaban J connectivity index is 1.80. The van der Waals surface area contributed by atoms with Crippen LogP contribution < -0.4 is 10.5 Å². The van der Waals surface area contributed by atoms with Crippen LogP contribution in [0.1, 0.15) is 11.1 Å². The summed E-state index contributed by atoms with van der Waals surface area (Å²) in [5.74, 6) is 0.545. The van der Waals surface area contributed by atoms with Crippen molar-refractivity contribution in [1.82, 2.24) is 14.6 Å². The third kappa shape index (κ3) is 3.56. The van der Waals surface area contributed by atoms with E-state index in [0.29, 0.717) is 22.3 Å². The topological polar surface area (TPSA) is 112 Å². The van der Waals surface area contributed by atoms with Crippen molar-refractivity contribution >= 4 is 44.1 Å². The number of fused-ring (bicyclic) bond motifs is 2. The van der Waals surface area contributed by atoms with Crippen molar-refractivity contribution in [3.63, 3.8) is 0 Å². The molecular formula is C25H21N5O3S. The van der Waals surface area contributed by atoms with Gasteiger partial charge in [0.2, 0.25) is 9.84 Å². The Bertz CT molecular complexity index is 1690. The third-order valence-electron chi connectivity index (χ3n) is 5.45. The summed E-state index contributed by atoms with van der Waals surface area (Å²) in [6.07, 6.45) is 1.55. The predicted molar refractivity (Wildman–Crippen MR) is 132 cm³/mol. The number of hydrogen-bond donors (Lipinski definition) is 1. The molecule has 0 atom stereocenters. The molecule has 0 unspecified atom stereocenters. The molecule has 170 valence electrons. The molecule has 0 aliphatic heterocycles. The number of ether oxygens (including phenoxy) is 1. The maximum Gasteiger partial charge on any atom is 0.212 e. The van der Waals surface area contributed by atoms with Crippen molar-refractivity contribution in [2.24, 2.45) is 5.10 Å². The predicted octanol–water partition coefficient (Wildman–Crippen LogP) is 4.20. The van der Waals surface area contributed by atoms with Gasteiger partial charge in [-0.05, 0) is 48.9 Å². The summed E-state index contributed by atoms with van der Waals surface area (Å²) in [6, 6.07) is 21.2. The molecule has 2 heterocycles. The normalized spacial score (nSPS) is 12.1. The highest BCUT2D eigenvalue weighted by Gasteiger charge is 2.30. The molecule has 0 saturated heterocycles. The van der Waals surface area contributed by atoms with E-state index in [0.717, 1.165) is 5.56 Å². The minimum atomic E-state index is -4.01. The number of hydrogen-bond acceptors (Lipinski definition) is 7. The molecule has 0 aliphatic carbocycles. The molecule has 0 radical (unpaired) electrons. The number of nitrogen functional groups attached to an aromatic ring is 1. The molecule has 0 amide bonds. The third-order valence-corrected chi connectivity index (χ3v) is 7.26. The number of anilines is 1. The monoisotopic (exact) mass is 471 g/mol. The molecule has 8 nitrogen and oxygen atoms in total. The number of aromatic nitrogens is 3. The van der Waals surface area contributed by atoms with E-state index < -0.39 is 9.84 Å². The summed E-state index contributed by atoms with van der Waals surface area (Å²) in [6.45, 7) is 1.83. The minimum Gasteiger partial charge on any atom is -0.496 e. The first kappa shape index (κ1) is 21.6.